The van der Waals surface area contributed by atoms with Crippen molar-refractivity contribution in [2.24, 2.45) is 0 Å². The quantitative estimate of drug-likeness (QED) is 0.821. The second kappa shape index (κ2) is 7.89. The minimum atomic E-state index is -0.213. The lowest BCUT2D eigenvalue weighted by atomic mass is 10.3. The van der Waals surface area contributed by atoms with E-state index in [-0.39, 0.29) is 12.5 Å². The fourth-order valence-corrected chi connectivity index (χ4v) is 1.69. The van der Waals surface area contributed by atoms with Crippen LogP contribution in [0.15, 0.2) is 48.7 Å². The highest BCUT2D eigenvalue weighted by Gasteiger charge is 2.04. The lowest BCUT2D eigenvalue weighted by Gasteiger charge is -2.08. The molecule has 0 bridgehead atoms. The van der Waals surface area contributed by atoms with Gasteiger partial charge in [-0.15, -0.1) is 0 Å². The Morgan fingerprint density at radius 2 is 2.00 bits per heavy atom. The Bertz CT molecular complexity index is 555. The molecule has 110 valence electrons. The van der Waals surface area contributed by atoms with Crippen molar-refractivity contribution in [2.45, 2.75) is 13.3 Å². The number of carbonyl (C=O) groups excluding carboxylic acids is 1. The number of carbonyl (C=O) groups is 1. The molecule has 0 radical (unpaired) electrons. The van der Waals surface area contributed by atoms with Gasteiger partial charge in [0.15, 0.2) is 6.61 Å². The molecule has 1 amide bonds. The minimum absolute atomic E-state index is 0.0279. The molecule has 21 heavy (non-hydrogen) atoms. The molecule has 1 heterocycles. The summed E-state index contributed by atoms with van der Waals surface area (Å²) in [6, 6.07) is 12.9. The Labute approximate surface area is 124 Å². The van der Waals surface area contributed by atoms with E-state index in [4.69, 9.17) is 4.74 Å². The Balaban J connectivity index is 1.79. The molecule has 0 saturated carbocycles. The third kappa shape index (κ3) is 5.14. The van der Waals surface area contributed by atoms with Gasteiger partial charge in [0.1, 0.15) is 11.6 Å². The number of amides is 1. The Morgan fingerprint density at radius 1 is 1.19 bits per heavy atom. The van der Waals surface area contributed by atoms with Crippen molar-refractivity contribution in [2.75, 3.05) is 23.8 Å². The van der Waals surface area contributed by atoms with Crippen LogP contribution in [0.25, 0.3) is 0 Å². The lowest BCUT2D eigenvalue weighted by molar-refractivity contribution is -0.118. The SMILES string of the molecule is CCCNc1ccc(NC(=O)COc2ccccc2)cn1. The number of hydrogen-bond donors (Lipinski definition) is 2. The van der Waals surface area contributed by atoms with Crippen LogP contribution in [0.5, 0.6) is 5.75 Å². The topological polar surface area (TPSA) is 63.2 Å². The summed E-state index contributed by atoms with van der Waals surface area (Å²) >= 11 is 0. The number of anilines is 2. The van der Waals surface area contributed by atoms with Gasteiger partial charge < -0.3 is 15.4 Å². The third-order valence-corrected chi connectivity index (χ3v) is 2.72. The maximum Gasteiger partial charge on any atom is 0.262 e. The maximum absolute atomic E-state index is 11.8. The van der Waals surface area contributed by atoms with Gasteiger partial charge in [-0.2, -0.15) is 0 Å². The van der Waals surface area contributed by atoms with E-state index in [0.717, 1.165) is 18.8 Å². The molecule has 0 aliphatic rings. The maximum atomic E-state index is 11.8. The average Bonchev–Trinajstić information content (AvgIpc) is 2.53. The molecule has 0 saturated heterocycles. The van der Waals surface area contributed by atoms with E-state index >= 15 is 0 Å². The molecule has 0 unspecified atom stereocenters. The first-order chi connectivity index (χ1) is 10.3. The summed E-state index contributed by atoms with van der Waals surface area (Å²) in [5.74, 6) is 1.26. The molecule has 0 fully saturated rings. The fraction of sp³-hybridized carbons (Fsp3) is 0.250. The van der Waals surface area contributed by atoms with Crippen molar-refractivity contribution in [3.63, 3.8) is 0 Å². The standard InChI is InChI=1S/C16H19N3O2/c1-2-10-17-15-9-8-13(11-18-15)19-16(20)12-21-14-6-4-3-5-7-14/h3-9,11H,2,10,12H2,1H3,(H,17,18)(H,19,20). The second-order valence-electron chi connectivity index (χ2n) is 4.51. The first-order valence-corrected chi connectivity index (χ1v) is 6.95. The van der Waals surface area contributed by atoms with Gasteiger partial charge in [0.25, 0.3) is 5.91 Å². The summed E-state index contributed by atoms with van der Waals surface area (Å²) in [7, 11) is 0. The lowest BCUT2D eigenvalue weighted by Crippen LogP contribution is -2.20. The number of benzene rings is 1. The highest BCUT2D eigenvalue weighted by molar-refractivity contribution is 5.91. The van der Waals surface area contributed by atoms with Crippen LogP contribution in [-0.4, -0.2) is 24.0 Å². The van der Waals surface area contributed by atoms with Crippen LogP contribution in [0.1, 0.15) is 13.3 Å². The normalized spacial score (nSPS) is 9.95. The van der Waals surface area contributed by atoms with Gasteiger partial charge >= 0.3 is 0 Å². The zero-order chi connectivity index (χ0) is 14.9. The van der Waals surface area contributed by atoms with Crippen molar-refractivity contribution < 1.29 is 9.53 Å². The number of nitrogens with one attached hydrogen (secondary N) is 2. The summed E-state index contributed by atoms with van der Waals surface area (Å²) in [5, 5.41) is 5.91. The molecule has 2 rings (SSSR count). The largest absolute Gasteiger partial charge is 0.484 e. The van der Waals surface area contributed by atoms with Gasteiger partial charge in [-0.1, -0.05) is 25.1 Å². The highest BCUT2D eigenvalue weighted by atomic mass is 16.5. The van der Waals surface area contributed by atoms with Crippen molar-refractivity contribution >= 4 is 17.4 Å². The van der Waals surface area contributed by atoms with Gasteiger partial charge in [-0.25, -0.2) is 4.98 Å². The number of nitrogens with zero attached hydrogens (tertiary/aromatic N) is 1. The second-order valence-corrected chi connectivity index (χ2v) is 4.51. The molecular weight excluding hydrogens is 266 g/mol. The smallest absolute Gasteiger partial charge is 0.262 e. The van der Waals surface area contributed by atoms with Gasteiger partial charge in [-0.05, 0) is 30.7 Å². The Morgan fingerprint density at radius 3 is 2.67 bits per heavy atom. The van der Waals surface area contributed by atoms with Gasteiger partial charge in [0, 0.05) is 6.54 Å². The number of hydrogen-bond acceptors (Lipinski definition) is 4. The van der Waals surface area contributed by atoms with Crippen LogP contribution in [-0.2, 0) is 4.79 Å². The van der Waals surface area contributed by atoms with Gasteiger partial charge in [0.05, 0.1) is 11.9 Å². The van der Waals surface area contributed by atoms with E-state index in [2.05, 4.69) is 22.5 Å². The predicted molar refractivity (Wildman–Crippen MR) is 83.6 cm³/mol. The molecule has 0 atom stereocenters. The van der Waals surface area contributed by atoms with Crippen LogP contribution in [0, 0.1) is 0 Å². The molecular formula is C16H19N3O2. The van der Waals surface area contributed by atoms with Gasteiger partial charge in [0.2, 0.25) is 0 Å². The Hall–Kier alpha value is -2.56. The third-order valence-electron chi connectivity index (χ3n) is 2.72. The first-order valence-electron chi connectivity index (χ1n) is 6.95. The molecule has 0 spiro atoms. The highest BCUT2D eigenvalue weighted by Crippen LogP contribution is 2.11. The number of ether oxygens (including phenoxy) is 1. The molecule has 5 nitrogen and oxygen atoms in total. The Kier molecular flexibility index (Phi) is 5.58. The van der Waals surface area contributed by atoms with Crippen molar-refractivity contribution in [3.05, 3.63) is 48.7 Å². The van der Waals surface area contributed by atoms with Crippen LogP contribution in [0.2, 0.25) is 0 Å². The van der Waals surface area contributed by atoms with E-state index in [0.29, 0.717) is 11.4 Å². The van der Waals surface area contributed by atoms with Crippen LogP contribution < -0.4 is 15.4 Å². The molecule has 2 aromatic rings. The molecule has 1 aromatic heterocycles. The first kappa shape index (κ1) is 14.8. The van der Waals surface area contributed by atoms with Gasteiger partial charge in [-0.3, -0.25) is 4.79 Å². The van der Waals surface area contributed by atoms with E-state index < -0.39 is 0 Å². The van der Waals surface area contributed by atoms with Crippen molar-refractivity contribution in [3.8, 4) is 5.75 Å². The van der Waals surface area contributed by atoms with Crippen molar-refractivity contribution in [1.29, 1.82) is 0 Å². The summed E-state index contributed by atoms with van der Waals surface area (Å²) in [4.78, 5) is 16.0. The fourth-order valence-electron chi connectivity index (χ4n) is 1.69. The van der Waals surface area contributed by atoms with Crippen LogP contribution >= 0.6 is 0 Å². The van der Waals surface area contributed by atoms with E-state index in [9.17, 15) is 4.79 Å². The van der Waals surface area contributed by atoms with Crippen LogP contribution in [0.3, 0.4) is 0 Å². The van der Waals surface area contributed by atoms with Crippen molar-refractivity contribution in [1.82, 2.24) is 4.98 Å². The number of pyridine rings is 1. The van der Waals surface area contributed by atoms with Crippen LogP contribution in [0.4, 0.5) is 11.5 Å². The van der Waals surface area contributed by atoms with E-state index in [1.54, 1.807) is 6.20 Å². The molecule has 0 aliphatic heterocycles. The van der Waals surface area contributed by atoms with E-state index in [1.807, 2.05) is 42.5 Å². The minimum Gasteiger partial charge on any atom is -0.484 e. The monoisotopic (exact) mass is 285 g/mol. The summed E-state index contributed by atoms with van der Waals surface area (Å²) < 4.78 is 5.37. The summed E-state index contributed by atoms with van der Waals surface area (Å²) in [6.07, 6.45) is 2.66. The number of para-hydroxylation sites is 1. The number of rotatable bonds is 7. The molecule has 5 heteroatoms. The zero-order valence-electron chi connectivity index (χ0n) is 12.0. The molecule has 2 N–H and O–H groups in total. The molecule has 0 aliphatic carbocycles. The average molecular weight is 285 g/mol. The number of aromatic nitrogens is 1. The zero-order valence-corrected chi connectivity index (χ0v) is 12.0. The summed E-state index contributed by atoms with van der Waals surface area (Å²) in [6.45, 7) is 2.94. The molecule has 1 aromatic carbocycles. The predicted octanol–water partition coefficient (Wildman–Crippen LogP) is 2.92. The summed E-state index contributed by atoms with van der Waals surface area (Å²) in [5.41, 5.74) is 0.652. The van der Waals surface area contributed by atoms with E-state index in [1.165, 1.54) is 0 Å².